The van der Waals surface area contributed by atoms with Crippen molar-refractivity contribution in [3.63, 3.8) is 0 Å². The Morgan fingerprint density at radius 1 is 1.41 bits per heavy atom. The van der Waals surface area contributed by atoms with Crippen LogP contribution in [0.25, 0.3) is 10.9 Å². The monoisotopic (exact) mass is 232 g/mol. The summed E-state index contributed by atoms with van der Waals surface area (Å²) in [5.74, 6) is -0.264. The summed E-state index contributed by atoms with van der Waals surface area (Å²) in [6.07, 6.45) is 3.49. The van der Waals surface area contributed by atoms with Crippen molar-refractivity contribution in [1.82, 2.24) is 10.3 Å². The van der Waals surface area contributed by atoms with E-state index in [1.165, 1.54) is 6.07 Å². The molecule has 0 amide bonds. The highest BCUT2D eigenvalue weighted by Gasteiger charge is 2.25. The first-order valence-corrected chi connectivity index (χ1v) is 5.80. The third kappa shape index (κ3) is 1.65. The van der Waals surface area contributed by atoms with Crippen LogP contribution in [-0.2, 0) is 0 Å². The molecular formula is C13H13FN2O. The maximum Gasteiger partial charge on any atom is 0.181 e. The number of carbonyl (C=O) groups excluding carboxylic acids is 1. The Hall–Kier alpha value is -1.68. The lowest BCUT2D eigenvalue weighted by atomic mass is 10.0. The second kappa shape index (κ2) is 3.96. The molecule has 2 heterocycles. The number of aromatic nitrogens is 1. The number of rotatable bonds is 2. The van der Waals surface area contributed by atoms with Crippen LogP contribution < -0.4 is 5.32 Å². The molecular weight excluding hydrogens is 219 g/mol. The molecule has 1 atom stereocenters. The van der Waals surface area contributed by atoms with Gasteiger partial charge >= 0.3 is 0 Å². The fourth-order valence-electron chi connectivity index (χ4n) is 2.42. The van der Waals surface area contributed by atoms with Crippen molar-refractivity contribution in [2.75, 3.05) is 6.54 Å². The van der Waals surface area contributed by atoms with Crippen LogP contribution in [0, 0.1) is 5.82 Å². The fraction of sp³-hybridized carbons (Fsp3) is 0.308. The van der Waals surface area contributed by atoms with Crippen LogP contribution >= 0.6 is 0 Å². The minimum Gasteiger partial charge on any atom is -0.358 e. The predicted molar refractivity (Wildman–Crippen MR) is 63.6 cm³/mol. The molecule has 0 saturated carbocycles. The summed E-state index contributed by atoms with van der Waals surface area (Å²) in [4.78, 5) is 15.1. The molecule has 0 aliphatic carbocycles. The van der Waals surface area contributed by atoms with E-state index in [4.69, 9.17) is 0 Å². The van der Waals surface area contributed by atoms with Crippen molar-refractivity contribution in [1.29, 1.82) is 0 Å². The zero-order valence-electron chi connectivity index (χ0n) is 9.29. The van der Waals surface area contributed by atoms with E-state index in [0.717, 1.165) is 19.4 Å². The first kappa shape index (κ1) is 10.5. The van der Waals surface area contributed by atoms with Crippen LogP contribution in [0.2, 0.25) is 0 Å². The van der Waals surface area contributed by atoms with Gasteiger partial charge in [-0.15, -0.1) is 0 Å². The number of H-pyrrole nitrogens is 1. The van der Waals surface area contributed by atoms with Crippen LogP contribution in [0.5, 0.6) is 0 Å². The summed E-state index contributed by atoms with van der Waals surface area (Å²) in [5.41, 5.74) is 0.993. The van der Waals surface area contributed by atoms with Gasteiger partial charge < -0.3 is 10.3 Å². The van der Waals surface area contributed by atoms with Crippen molar-refractivity contribution in [3.8, 4) is 0 Å². The average molecular weight is 232 g/mol. The average Bonchev–Trinajstić information content (AvgIpc) is 2.98. The zero-order valence-corrected chi connectivity index (χ0v) is 9.29. The van der Waals surface area contributed by atoms with Gasteiger partial charge in [0.25, 0.3) is 0 Å². The summed E-state index contributed by atoms with van der Waals surface area (Å²) >= 11 is 0. The third-order valence-electron chi connectivity index (χ3n) is 3.31. The van der Waals surface area contributed by atoms with Crippen molar-refractivity contribution >= 4 is 16.7 Å². The molecule has 17 heavy (non-hydrogen) atoms. The quantitative estimate of drug-likeness (QED) is 0.780. The normalized spacial score (nSPS) is 19.9. The molecule has 1 unspecified atom stereocenters. The summed E-state index contributed by atoms with van der Waals surface area (Å²) in [6.45, 7) is 0.882. The molecule has 1 saturated heterocycles. The predicted octanol–water partition coefficient (Wildman–Crippen LogP) is 2.24. The largest absolute Gasteiger partial charge is 0.358 e. The van der Waals surface area contributed by atoms with Gasteiger partial charge in [0.15, 0.2) is 5.78 Å². The standard InChI is InChI=1S/C13H13FN2O/c14-10-4-1-3-8-9(7-16-12(8)10)13(17)11-5-2-6-15-11/h1,3-4,7,11,15-16H,2,5-6H2. The number of Topliss-reactive ketones (excluding diaryl/α,β-unsaturated/α-hetero) is 1. The SMILES string of the molecule is O=C(c1c[nH]c2c(F)cccc12)C1CCCN1. The van der Waals surface area contributed by atoms with Crippen molar-refractivity contribution in [2.24, 2.45) is 0 Å². The van der Waals surface area contributed by atoms with E-state index in [1.54, 1.807) is 18.3 Å². The molecule has 1 aromatic heterocycles. The minimum absolute atomic E-state index is 0.0550. The second-order valence-electron chi connectivity index (χ2n) is 4.38. The van der Waals surface area contributed by atoms with Gasteiger partial charge in [0.1, 0.15) is 5.82 Å². The van der Waals surface area contributed by atoms with Crippen molar-refractivity contribution in [3.05, 3.63) is 35.8 Å². The van der Waals surface area contributed by atoms with Crippen molar-refractivity contribution in [2.45, 2.75) is 18.9 Å². The lowest BCUT2D eigenvalue weighted by Crippen LogP contribution is -2.30. The summed E-state index contributed by atoms with van der Waals surface area (Å²) in [7, 11) is 0. The Morgan fingerprint density at radius 2 is 2.29 bits per heavy atom. The molecule has 1 aromatic carbocycles. The van der Waals surface area contributed by atoms with Crippen LogP contribution in [-0.4, -0.2) is 23.4 Å². The number of aromatic amines is 1. The first-order chi connectivity index (χ1) is 8.27. The molecule has 1 fully saturated rings. The minimum atomic E-state index is -0.319. The lowest BCUT2D eigenvalue weighted by Gasteiger charge is -2.07. The Kier molecular flexibility index (Phi) is 2.44. The second-order valence-corrected chi connectivity index (χ2v) is 4.38. The number of benzene rings is 1. The Labute approximate surface area is 98.0 Å². The molecule has 88 valence electrons. The number of hydrogen-bond donors (Lipinski definition) is 2. The van der Waals surface area contributed by atoms with Crippen LogP contribution in [0.1, 0.15) is 23.2 Å². The van der Waals surface area contributed by atoms with E-state index in [0.29, 0.717) is 16.5 Å². The molecule has 0 spiro atoms. The summed E-state index contributed by atoms with van der Waals surface area (Å²) in [6, 6.07) is 4.68. The molecule has 1 aliphatic heterocycles. The van der Waals surface area contributed by atoms with Crippen LogP contribution in [0.3, 0.4) is 0 Å². The molecule has 3 nitrogen and oxygen atoms in total. The molecule has 4 heteroatoms. The number of fused-ring (bicyclic) bond motifs is 1. The maximum atomic E-state index is 13.5. The zero-order chi connectivity index (χ0) is 11.8. The molecule has 1 aliphatic rings. The van der Waals surface area contributed by atoms with Crippen molar-refractivity contribution < 1.29 is 9.18 Å². The van der Waals surface area contributed by atoms with E-state index in [2.05, 4.69) is 10.3 Å². The third-order valence-corrected chi connectivity index (χ3v) is 3.31. The van der Waals surface area contributed by atoms with E-state index in [9.17, 15) is 9.18 Å². The maximum absolute atomic E-state index is 13.5. The van der Waals surface area contributed by atoms with Gasteiger partial charge in [0.05, 0.1) is 11.6 Å². The number of carbonyl (C=O) groups is 1. The highest BCUT2D eigenvalue weighted by Crippen LogP contribution is 2.23. The summed E-state index contributed by atoms with van der Waals surface area (Å²) < 4.78 is 13.5. The van der Waals surface area contributed by atoms with Gasteiger partial charge in [-0.3, -0.25) is 4.79 Å². The highest BCUT2D eigenvalue weighted by atomic mass is 19.1. The van der Waals surface area contributed by atoms with E-state index < -0.39 is 0 Å². The van der Waals surface area contributed by atoms with Crippen LogP contribution in [0.15, 0.2) is 24.4 Å². The number of para-hydroxylation sites is 1. The van der Waals surface area contributed by atoms with Crippen LogP contribution in [0.4, 0.5) is 4.39 Å². The molecule has 0 radical (unpaired) electrons. The molecule has 0 bridgehead atoms. The lowest BCUT2D eigenvalue weighted by molar-refractivity contribution is 0.0954. The Balaban J connectivity index is 2.05. The molecule has 2 N–H and O–H groups in total. The number of ketones is 1. The smallest absolute Gasteiger partial charge is 0.181 e. The topological polar surface area (TPSA) is 44.9 Å². The van der Waals surface area contributed by atoms with Gasteiger partial charge in [-0.05, 0) is 25.5 Å². The van der Waals surface area contributed by atoms with Gasteiger partial charge in [-0.1, -0.05) is 12.1 Å². The number of nitrogens with one attached hydrogen (secondary N) is 2. The summed E-state index contributed by atoms with van der Waals surface area (Å²) in [5, 5.41) is 3.84. The van der Waals surface area contributed by atoms with E-state index in [1.807, 2.05) is 0 Å². The Morgan fingerprint density at radius 3 is 3.06 bits per heavy atom. The molecule has 2 aromatic rings. The van der Waals surface area contributed by atoms with Gasteiger partial charge in [-0.25, -0.2) is 4.39 Å². The Bertz CT molecular complexity index is 570. The highest BCUT2D eigenvalue weighted by molar-refractivity contribution is 6.10. The van der Waals surface area contributed by atoms with E-state index >= 15 is 0 Å². The van der Waals surface area contributed by atoms with Gasteiger partial charge in [0, 0.05) is 17.1 Å². The number of hydrogen-bond acceptors (Lipinski definition) is 2. The molecule has 3 rings (SSSR count). The first-order valence-electron chi connectivity index (χ1n) is 5.80. The number of halogens is 1. The van der Waals surface area contributed by atoms with Gasteiger partial charge in [-0.2, -0.15) is 0 Å². The fourth-order valence-corrected chi connectivity index (χ4v) is 2.42. The van der Waals surface area contributed by atoms with E-state index in [-0.39, 0.29) is 17.6 Å². The van der Waals surface area contributed by atoms with Gasteiger partial charge in [0.2, 0.25) is 0 Å².